The molecule has 0 aliphatic carbocycles. The highest BCUT2D eigenvalue weighted by molar-refractivity contribution is 6.22. The van der Waals surface area contributed by atoms with Crippen LogP contribution in [0.4, 0.5) is 0 Å². The van der Waals surface area contributed by atoms with Gasteiger partial charge < -0.3 is 5.32 Å². The van der Waals surface area contributed by atoms with Gasteiger partial charge in [0.05, 0.1) is 6.04 Å². The first kappa shape index (κ1) is 12.0. The number of alkyl halides is 1. The fourth-order valence-corrected chi connectivity index (χ4v) is 1.94. The molecule has 1 aliphatic heterocycles. The second kappa shape index (κ2) is 4.17. The molecule has 0 amide bonds. The molecule has 4 heteroatoms. The van der Waals surface area contributed by atoms with Gasteiger partial charge in [0.2, 0.25) is 0 Å². The van der Waals surface area contributed by atoms with Crippen LogP contribution in [0, 0.1) is 5.41 Å². The monoisotopic (exact) mass is 218 g/mol. The van der Waals surface area contributed by atoms with Gasteiger partial charge >= 0.3 is 0 Å². The standard InChI is InChI=1S/C10H19ClN2O/c1-6-5-12-7(9(11)13-6)8(14)10(2,3)4/h6-7,9,12-13H,5H2,1-4H3. The molecule has 3 unspecified atom stereocenters. The third-order valence-electron chi connectivity index (χ3n) is 2.40. The van der Waals surface area contributed by atoms with Gasteiger partial charge in [-0.25, -0.2) is 0 Å². The van der Waals surface area contributed by atoms with Gasteiger partial charge in [-0.05, 0) is 6.92 Å². The van der Waals surface area contributed by atoms with E-state index in [1.807, 2.05) is 27.7 Å². The smallest absolute Gasteiger partial charge is 0.157 e. The first-order valence-electron chi connectivity index (χ1n) is 5.00. The van der Waals surface area contributed by atoms with Crippen LogP contribution in [-0.2, 0) is 4.79 Å². The average Bonchev–Trinajstić information content (AvgIpc) is 2.01. The fourth-order valence-electron chi connectivity index (χ4n) is 1.53. The molecule has 1 saturated heterocycles. The molecule has 3 atom stereocenters. The fraction of sp³-hybridized carbons (Fsp3) is 0.900. The van der Waals surface area contributed by atoms with Gasteiger partial charge in [0, 0.05) is 18.0 Å². The normalized spacial score (nSPS) is 34.2. The predicted molar refractivity (Wildman–Crippen MR) is 58.5 cm³/mol. The molecule has 0 spiro atoms. The van der Waals surface area contributed by atoms with Crippen LogP contribution in [0.3, 0.4) is 0 Å². The summed E-state index contributed by atoms with van der Waals surface area (Å²) in [4.78, 5) is 11.9. The van der Waals surface area contributed by atoms with Gasteiger partial charge in [0.15, 0.2) is 5.78 Å². The number of hydrogen-bond donors (Lipinski definition) is 2. The molecular formula is C10H19ClN2O. The quantitative estimate of drug-likeness (QED) is 0.512. The summed E-state index contributed by atoms with van der Waals surface area (Å²) >= 11 is 6.08. The van der Waals surface area contributed by atoms with Crippen molar-refractivity contribution < 1.29 is 4.79 Å². The SMILES string of the molecule is CC1CNC(C(=O)C(C)(C)C)C(Cl)N1. The van der Waals surface area contributed by atoms with Crippen molar-refractivity contribution >= 4 is 17.4 Å². The number of ketones is 1. The maximum atomic E-state index is 11.9. The van der Waals surface area contributed by atoms with Crippen LogP contribution in [0.5, 0.6) is 0 Å². The summed E-state index contributed by atoms with van der Waals surface area (Å²) in [6, 6.07) is 0.0504. The van der Waals surface area contributed by atoms with Gasteiger partial charge in [-0.1, -0.05) is 20.8 Å². The van der Waals surface area contributed by atoms with E-state index in [9.17, 15) is 4.79 Å². The van der Waals surface area contributed by atoms with Crippen molar-refractivity contribution in [1.29, 1.82) is 0 Å². The topological polar surface area (TPSA) is 41.1 Å². The van der Waals surface area contributed by atoms with Crippen molar-refractivity contribution in [2.45, 2.75) is 45.3 Å². The predicted octanol–water partition coefficient (Wildman–Crippen LogP) is 1.12. The molecular weight excluding hydrogens is 200 g/mol. The minimum absolute atomic E-state index is 0.164. The number of halogens is 1. The zero-order valence-electron chi connectivity index (χ0n) is 9.23. The highest BCUT2D eigenvalue weighted by Gasteiger charge is 2.36. The molecule has 0 aromatic carbocycles. The second-order valence-corrected chi connectivity index (χ2v) is 5.44. The van der Waals surface area contributed by atoms with Crippen molar-refractivity contribution in [2.24, 2.45) is 5.41 Å². The molecule has 1 heterocycles. The molecule has 0 aromatic heterocycles. The number of carbonyl (C=O) groups excluding carboxylic acids is 1. The lowest BCUT2D eigenvalue weighted by molar-refractivity contribution is -0.129. The molecule has 0 bridgehead atoms. The second-order valence-electron chi connectivity index (χ2n) is 4.97. The maximum absolute atomic E-state index is 11.9. The first-order valence-corrected chi connectivity index (χ1v) is 5.44. The van der Waals surface area contributed by atoms with E-state index < -0.39 is 0 Å². The number of rotatable bonds is 1. The van der Waals surface area contributed by atoms with Crippen molar-refractivity contribution in [3.05, 3.63) is 0 Å². The first-order chi connectivity index (χ1) is 6.32. The molecule has 1 fully saturated rings. The van der Waals surface area contributed by atoms with E-state index in [1.54, 1.807) is 0 Å². The van der Waals surface area contributed by atoms with Crippen LogP contribution >= 0.6 is 11.6 Å². The Morgan fingerprint density at radius 3 is 2.43 bits per heavy atom. The lowest BCUT2D eigenvalue weighted by Crippen LogP contribution is -2.62. The number of carbonyl (C=O) groups is 1. The third kappa shape index (κ3) is 2.69. The van der Waals surface area contributed by atoms with Crippen molar-refractivity contribution in [1.82, 2.24) is 10.6 Å². The zero-order valence-corrected chi connectivity index (χ0v) is 9.98. The van der Waals surface area contributed by atoms with E-state index >= 15 is 0 Å². The molecule has 3 nitrogen and oxygen atoms in total. The van der Waals surface area contributed by atoms with E-state index in [0.717, 1.165) is 6.54 Å². The van der Waals surface area contributed by atoms with Gasteiger partial charge in [-0.2, -0.15) is 0 Å². The van der Waals surface area contributed by atoms with E-state index in [-0.39, 0.29) is 22.7 Å². The van der Waals surface area contributed by atoms with Crippen LogP contribution in [-0.4, -0.2) is 29.9 Å². The van der Waals surface area contributed by atoms with Gasteiger partial charge in [-0.3, -0.25) is 10.1 Å². The summed E-state index contributed by atoms with van der Waals surface area (Å²) in [7, 11) is 0. The molecule has 0 radical (unpaired) electrons. The Morgan fingerprint density at radius 1 is 1.43 bits per heavy atom. The molecule has 0 saturated carbocycles. The van der Waals surface area contributed by atoms with Gasteiger partial charge in [0.1, 0.15) is 5.50 Å². The lowest BCUT2D eigenvalue weighted by Gasteiger charge is -2.35. The van der Waals surface area contributed by atoms with Gasteiger partial charge in [0.25, 0.3) is 0 Å². The molecule has 82 valence electrons. The number of piperazine rings is 1. The summed E-state index contributed by atoms with van der Waals surface area (Å²) in [6.07, 6.45) is 0. The summed E-state index contributed by atoms with van der Waals surface area (Å²) < 4.78 is 0. The third-order valence-corrected chi connectivity index (χ3v) is 2.78. The van der Waals surface area contributed by atoms with Gasteiger partial charge in [-0.15, -0.1) is 11.6 Å². The highest BCUT2D eigenvalue weighted by atomic mass is 35.5. The van der Waals surface area contributed by atoms with Crippen LogP contribution in [0.25, 0.3) is 0 Å². The van der Waals surface area contributed by atoms with Crippen LogP contribution in [0.15, 0.2) is 0 Å². The Balaban J connectivity index is 2.65. The van der Waals surface area contributed by atoms with Crippen molar-refractivity contribution in [2.75, 3.05) is 6.54 Å². The summed E-state index contributed by atoms with van der Waals surface area (Å²) in [5, 5.41) is 6.35. The molecule has 14 heavy (non-hydrogen) atoms. The largest absolute Gasteiger partial charge is 0.304 e. The van der Waals surface area contributed by atoms with Crippen molar-refractivity contribution in [3.8, 4) is 0 Å². The molecule has 0 aromatic rings. The summed E-state index contributed by atoms with van der Waals surface area (Å²) in [5.41, 5.74) is -0.641. The van der Waals surface area contributed by atoms with E-state index in [1.165, 1.54) is 0 Å². The summed E-state index contributed by atoms with van der Waals surface area (Å²) in [5.74, 6) is 0.164. The number of nitrogens with one attached hydrogen (secondary N) is 2. The molecule has 2 N–H and O–H groups in total. The maximum Gasteiger partial charge on any atom is 0.157 e. The van der Waals surface area contributed by atoms with E-state index in [0.29, 0.717) is 6.04 Å². The Hall–Kier alpha value is -0.120. The molecule has 1 rings (SSSR count). The average molecular weight is 219 g/mol. The zero-order chi connectivity index (χ0) is 10.9. The molecule has 1 aliphatic rings. The Morgan fingerprint density at radius 2 is 2.00 bits per heavy atom. The van der Waals surface area contributed by atoms with Crippen molar-refractivity contribution in [3.63, 3.8) is 0 Å². The van der Waals surface area contributed by atoms with Crippen LogP contribution < -0.4 is 10.6 Å². The van der Waals surface area contributed by atoms with E-state index in [2.05, 4.69) is 10.6 Å². The minimum Gasteiger partial charge on any atom is -0.304 e. The summed E-state index contributed by atoms with van der Waals surface area (Å²) in [6.45, 7) is 8.58. The number of hydrogen-bond acceptors (Lipinski definition) is 3. The highest BCUT2D eigenvalue weighted by Crippen LogP contribution is 2.20. The minimum atomic E-state index is -0.340. The Kier molecular flexibility index (Phi) is 3.56. The van der Waals surface area contributed by atoms with Crippen LogP contribution in [0.2, 0.25) is 0 Å². The number of Topliss-reactive ketones (excluding diaryl/α,β-unsaturated/α-hetero) is 1. The van der Waals surface area contributed by atoms with E-state index in [4.69, 9.17) is 11.6 Å². The lowest BCUT2D eigenvalue weighted by atomic mass is 9.85. The Bertz CT molecular complexity index is 225. The Labute approximate surface area is 90.6 Å². The van der Waals surface area contributed by atoms with Crippen LogP contribution in [0.1, 0.15) is 27.7 Å².